The van der Waals surface area contributed by atoms with E-state index in [1.807, 2.05) is 6.92 Å². The molecule has 0 aliphatic rings. The maximum Gasteiger partial charge on any atom is 0.176 e. The van der Waals surface area contributed by atoms with E-state index in [1.165, 1.54) is 29.7 Å². The summed E-state index contributed by atoms with van der Waals surface area (Å²) in [4.78, 5) is 5.59. The van der Waals surface area contributed by atoms with Gasteiger partial charge < -0.3 is 0 Å². The van der Waals surface area contributed by atoms with Crippen LogP contribution in [0.25, 0.3) is 21.7 Å². The molecule has 0 aliphatic heterocycles. The topological polar surface area (TPSA) is 47.0 Å². The Kier molecular flexibility index (Phi) is 4.04. The highest BCUT2D eigenvalue weighted by Crippen LogP contribution is 2.39. The minimum absolute atomic E-state index is 0.244. The molecule has 6 heteroatoms. The third-order valence-electron chi connectivity index (χ3n) is 3.38. The maximum absolute atomic E-state index is 13.2. The number of sulfone groups is 1. The van der Waals surface area contributed by atoms with Gasteiger partial charge in [-0.2, -0.15) is 0 Å². The van der Waals surface area contributed by atoms with Gasteiger partial charge in [0.25, 0.3) is 0 Å². The maximum atomic E-state index is 13.2. The third kappa shape index (κ3) is 3.18. The molecular formula is C17H14FNO2S2. The van der Waals surface area contributed by atoms with E-state index in [0.29, 0.717) is 11.3 Å². The van der Waals surface area contributed by atoms with E-state index in [1.54, 1.807) is 36.4 Å². The average molecular weight is 347 g/mol. The summed E-state index contributed by atoms with van der Waals surface area (Å²) in [7, 11) is -3.37. The Morgan fingerprint density at radius 2 is 1.70 bits per heavy atom. The Morgan fingerprint density at radius 1 is 1.04 bits per heavy atom. The van der Waals surface area contributed by atoms with Crippen LogP contribution in [-0.2, 0) is 9.84 Å². The van der Waals surface area contributed by atoms with Crippen molar-refractivity contribution in [1.82, 2.24) is 4.98 Å². The quantitative estimate of drug-likeness (QED) is 0.708. The summed E-state index contributed by atoms with van der Waals surface area (Å²) in [6.07, 6.45) is 1.18. The Hall–Kier alpha value is -2.05. The lowest BCUT2D eigenvalue weighted by atomic mass is 10.1. The van der Waals surface area contributed by atoms with Crippen molar-refractivity contribution in [1.29, 1.82) is 0 Å². The van der Waals surface area contributed by atoms with Crippen LogP contribution in [-0.4, -0.2) is 19.7 Å². The Balaban J connectivity index is 2.25. The number of hydrogen-bond acceptors (Lipinski definition) is 4. The van der Waals surface area contributed by atoms with Gasteiger partial charge in [-0.3, -0.25) is 0 Å². The Morgan fingerprint density at radius 3 is 2.35 bits per heavy atom. The minimum Gasteiger partial charge on any atom is -0.241 e. The van der Waals surface area contributed by atoms with Gasteiger partial charge in [0, 0.05) is 11.8 Å². The first-order valence-electron chi connectivity index (χ1n) is 6.89. The zero-order valence-electron chi connectivity index (χ0n) is 12.6. The van der Waals surface area contributed by atoms with Crippen LogP contribution in [0.15, 0.2) is 53.4 Å². The first-order valence-corrected chi connectivity index (χ1v) is 9.60. The lowest BCUT2D eigenvalue weighted by Gasteiger charge is -2.08. The molecule has 0 aliphatic carbocycles. The molecule has 0 N–H and O–H groups in total. The predicted octanol–water partition coefficient (Wildman–Crippen LogP) is 4.33. The van der Waals surface area contributed by atoms with Crippen molar-refractivity contribution in [2.45, 2.75) is 11.8 Å². The molecule has 0 spiro atoms. The Bertz CT molecular complexity index is 961. The number of benzene rings is 2. The number of hydrogen-bond donors (Lipinski definition) is 0. The predicted molar refractivity (Wildman–Crippen MR) is 90.8 cm³/mol. The molecule has 0 saturated carbocycles. The van der Waals surface area contributed by atoms with Crippen LogP contribution < -0.4 is 0 Å². The summed E-state index contributed by atoms with van der Waals surface area (Å²) in [6.45, 7) is 1.87. The van der Waals surface area contributed by atoms with E-state index in [9.17, 15) is 12.8 Å². The highest BCUT2D eigenvalue weighted by atomic mass is 32.2. The minimum atomic E-state index is -3.37. The van der Waals surface area contributed by atoms with Gasteiger partial charge in [0.15, 0.2) is 9.84 Å². The van der Waals surface area contributed by atoms with E-state index < -0.39 is 9.84 Å². The molecule has 0 radical (unpaired) electrons. The number of aryl methyl sites for hydroxylation is 1. The molecule has 3 nitrogen and oxygen atoms in total. The van der Waals surface area contributed by atoms with E-state index in [0.717, 1.165) is 15.4 Å². The summed E-state index contributed by atoms with van der Waals surface area (Å²) in [5.74, 6) is -0.312. The van der Waals surface area contributed by atoms with Crippen LogP contribution in [0, 0.1) is 12.7 Å². The number of nitrogens with zero attached hydrogens (tertiary/aromatic N) is 1. The Labute approximate surface area is 138 Å². The SMILES string of the molecule is Cc1nc(-c2ccccc2S(C)(=O)=O)c(-c2ccc(F)cc2)s1. The van der Waals surface area contributed by atoms with E-state index in [4.69, 9.17) is 0 Å². The van der Waals surface area contributed by atoms with Gasteiger partial charge in [-0.05, 0) is 30.7 Å². The van der Waals surface area contributed by atoms with Gasteiger partial charge in [-0.1, -0.05) is 30.3 Å². The van der Waals surface area contributed by atoms with Crippen molar-refractivity contribution < 1.29 is 12.8 Å². The van der Waals surface area contributed by atoms with Gasteiger partial charge in [0.2, 0.25) is 0 Å². The molecule has 1 heterocycles. The first kappa shape index (κ1) is 15.8. The molecule has 2 aromatic carbocycles. The molecule has 0 unspecified atom stereocenters. The summed E-state index contributed by atoms with van der Waals surface area (Å²) >= 11 is 1.46. The number of thiazole rings is 1. The van der Waals surface area contributed by atoms with E-state index in [2.05, 4.69) is 4.98 Å². The van der Waals surface area contributed by atoms with Gasteiger partial charge in [-0.15, -0.1) is 11.3 Å². The fourth-order valence-corrected chi connectivity index (χ4v) is 4.22. The van der Waals surface area contributed by atoms with E-state index >= 15 is 0 Å². The van der Waals surface area contributed by atoms with Crippen molar-refractivity contribution in [2.75, 3.05) is 6.26 Å². The second-order valence-electron chi connectivity index (χ2n) is 5.19. The van der Waals surface area contributed by atoms with Gasteiger partial charge >= 0.3 is 0 Å². The normalized spacial score (nSPS) is 11.6. The lowest BCUT2D eigenvalue weighted by molar-refractivity contribution is 0.602. The lowest BCUT2D eigenvalue weighted by Crippen LogP contribution is -2.00. The van der Waals surface area contributed by atoms with Crippen molar-refractivity contribution >= 4 is 21.2 Å². The zero-order chi connectivity index (χ0) is 16.6. The highest BCUT2D eigenvalue weighted by molar-refractivity contribution is 7.90. The smallest absolute Gasteiger partial charge is 0.176 e. The summed E-state index contributed by atoms with van der Waals surface area (Å²) in [6, 6.07) is 12.9. The van der Waals surface area contributed by atoms with Crippen LogP contribution in [0.2, 0.25) is 0 Å². The molecule has 118 valence electrons. The summed E-state index contributed by atoms with van der Waals surface area (Å²) in [5, 5.41) is 0.822. The molecule has 0 amide bonds. The van der Waals surface area contributed by atoms with Crippen LogP contribution in [0.3, 0.4) is 0 Å². The second-order valence-corrected chi connectivity index (χ2v) is 8.37. The molecule has 0 fully saturated rings. The molecular weight excluding hydrogens is 333 g/mol. The van der Waals surface area contributed by atoms with Crippen LogP contribution in [0.5, 0.6) is 0 Å². The van der Waals surface area contributed by atoms with E-state index in [-0.39, 0.29) is 10.7 Å². The van der Waals surface area contributed by atoms with Crippen molar-refractivity contribution in [3.8, 4) is 21.7 Å². The molecule has 0 saturated heterocycles. The molecule has 3 rings (SSSR count). The second kappa shape index (κ2) is 5.86. The fourth-order valence-electron chi connectivity index (χ4n) is 2.39. The molecule has 3 aromatic rings. The number of aromatic nitrogens is 1. The van der Waals surface area contributed by atoms with Gasteiger partial charge in [-0.25, -0.2) is 17.8 Å². The summed E-state index contributed by atoms with van der Waals surface area (Å²) in [5.41, 5.74) is 1.99. The molecule has 23 heavy (non-hydrogen) atoms. The zero-order valence-corrected chi connectivity index (χ0v) is 14.2. The number of halogens is 1. The number of rotatable bonds is 3. The standard InChI is InChI=1S/C17H14FNO2S2/c1-11-19-16(14-5-3-4-6-15(14)23(2,20)21)17(22-11)12-7-9-13(18)10-8-12/h3-10H,1-2H3. The first-order chi connectivity index (χ1) is 10.9. The van der Waals surface area contributed by atoms with Gasteiger partial charge in [0.1, 0.15) is 5.82 Å². The average Bonchev–Trinajstić information content (AvgIpc) is 2.89. The van der Waals surface area contributed by atoms with Crippen LogP contribution >= 0.6 is 11.3 Å². The monoisotopic (exact) mass is 347 g/mol. The molecule has 0 atom stereocenters. The third-order valence-corrected chi connectivity index (χ3v) is 5.56. The van der Waals surface area contributed by atoms with Crippen LogP contribution in [0.4, 0.5) is 4.39 Å². The fraction of sp³-hybridized carbons (Fsp3) is 0.118. The van der Waals surface area contributed by atoms with Crippen molar-refractivity contribution in [3.63, 3.8) is 0 Å². The van der Waals surface area contributed by atoms with Crippen LogP contribution in [0.1, 0.15) is 5.01 Å². The molecule has 0 bridgehead atoms. The van der Waals surface area contributed by atoms with Crippen molar-refractivity contribution in [2.24, 2.45) is 0 Å². The largest absolute Gasteiger partial charge is 0.241 e. The van der Waals surface area contributed by atoms with Crippen molar-refractivity contribution in [3.05, 3.63) is 59.4 Å². The summed E-state index contributed by atoms with van der Waals surface area (Å²) < 4.78 is 37.3. The molecule has 1 aromatic heterocycles. The van der Waals surface area contributed by atoms with Gasteiger partial charge in [0.05, 0.1) is 20.5 Å². The highest BCUT2D eigenvalue weighted by Gasteiger charge is 2.20.